The van der Waals surface area contributed by atoms with Crippen LogP contribution >= 0.6 is 0 Å². The van der Waals surface area contributed by atoms with E-state index in [1.165, 1.54) is 0 Å². The molecule has 0 amide bonds. The van der Waals surface area contributed by atoms with Gasteiger partial charge in [0.25, 0.3) is 0 Å². The van der Waals surface area contributed by atoms with Gasteiger partial charge in [-0.1, -0.05) is 18.2 Å². The molecule has 0 atom stereocenters. The van der Waals surface area contributed by atoms with E-state index in [1.807, 2.05) is 49.4 Å². The quantitative estimate of drug-likeness (QED) is 0.465. The van der Waals surface area contributed by atoms with Crippen molar-refractivity contribution in [2.75, 3.05) is 0 Å². The Morgan fingerprint density at radius 3 is 2.67 bits per heavy atom. The van der Waals surface area contributed by atoms with Crippen molar-refractivity contribution in [3.63, 3.8) is 0 Å². The van der Waals surface area contributed by atoms with E-state index in [0.29, 0.717) is 0 Å². The second-order valence-electron chi connectivity index (χ2n) is 4.37. The predicted octanol–water partition coefficient (Wildman–Crippen LogP) is 3.71. The summed E-state index contributed by atoms with van der Waals surface area (Å²) in [5.74, 6) is 2.48. The van der Waals surface area contributed by atoms with Crippen LogP contribution in [-0.2, 0) is 0 Å². The van der Waals surface area contributed by atoms with Crippen molar-refractivity contribution in [3.05, 3.63) is 48.3 Å². The number of fused-ring (bicyclic) bond motifs is 2. The Morgan fingerprint density at radius 2 is 1.72 bits per heavy atom. The van der Waals surface area contributed by atoms with Gasteiger partial charge in [0.15, 0.2) is 0 Å². The number of hydrogen-bond acceptors (Lipinski definition) is 3. The highest BCUT2D eigenvalue weighted by Crippen LogP contribution is 2.44. The molecule has 2 aromatic carbocycles. The lowest BCUT2D eigenvalue weighted by atomic mass is 10.0. The van der Waals surface area contributed by atoms with E-state index in [0.717, 1.165) is 39.5 Å². The lowest BCUT2D eigenvalue weighted by Gasteiger charge is -2.19. The third-order valence-electron chi connectivity index (χ3n) is 3.16. The number of aryl methyl sites for hydroxylation is 1. The maximum Gasteiger partial charge on any atom is 0.139 e. The van der Waals surface area contributed by atoms with E-state index in [2.05, 4.69) is 9.97 Å². The first-order valence-electron chi connectivity index (χ1n) is 5.87. The molecule has 3 nitrogen and oxygen atoms in total. The third-order valence-corrected chi connectivity index (χ3v) is 3.16. The topological polar surface area (TPSA) is 35.0 Å². The number of benzene rings is 2. The number of hydrogen-bond donors (Lipinski definition) is 0. The second-order valence-corrected chi connectivity index (χ2v) is 4.37. The molecule has 1 aromatic heterocycles. The normalized spacial score (nSPS) is 12.1. The fourth-order valence-corrected chi connectivity index (χ4v) is 2.42. The van der Waals surface area contributed by atoms with Gasteiger partial charge in [0, 0.05) is 5.56 Å². The van der Waals surface area contributed by atoms with E-state index in [-0.39, 0.29) is 0 Å². The first kappa shape index (κ1) is 9.59. The smallest absolute Gasteiger partial charge is 0.139 e. The van der Waals surface area contributed by atoms with Gasteiger partial charge in [0.2, 0.25) is 0 Å². The van der Waals surface area contributed by atoms with Crippen LogP contribution < -0.4 is 4.74 Å². The molecule has 4 rings (SSSR count). The molecule has 0 unspecified atom stereocenters. The fourth-order valence-electron chi connectivity index (χ4n) is 2.42. The first-order chi connectivity index (χ1) is 8.83. The van der Waals surface area contributed by atoms with Crippen LogP contribution in [0.2, 0.25) is 0 Å². The lowest BCUT2D eigenvalue weighted by Crippen LogP contribution is -2.01. The van der Waals surface area contributed by atoms with Crippen molar-refractivity contribution in [2.45, 2.75) is 6.92 Å². The predicted molar refractivity (Wildman–Crippen MR) is 69.8 cm³/mol. The van der Waals surface area contributed by atoms with Gasteiger partial charge in [-0.25, -0.2) is 9.97 Å². The van der Waals surface area contributed by atoms with Gasteiger partial charge < -0.3 is 4.74 Å². The van der Waals surface area contributed by atoms with Crippen LogP contribution in [0.15, 0.2) is 42.5 Å². The van der Waals surface area contributed by atoms with Crippen LogP contribution in [-0.4, -0.2) is 9.97 Å². The van der Waals surface area contributed by atoms with Gasteiger partial charge >= 0.3 is 0 Å². The Hall–Kier alpha value is -2.42. The summed E-state index contributed by atoms with van der Waals surface area (Å²) >= 11 is 0. The van der Waals surface area contributed by atoms with Crippen molar-refractivity contribution in [1.82, 2.24) is 9.97 Å². The minimum atomic E-state index is 0.784. The maximum absolute atomic E-state index is 5.91. The zero-order chi connectivity index (χ0) is 12.1. The van der Waals surface area contributed by atoms with Gasteiger partial charge in [-0.3, -0.25) is 0 Å². The summed E-state index contributed by atoms with van der Waals surface area (Å²) in [5.41, 5.74) is 2.94. The van der Waals surface area contributed by atoms with Crippen molar-refractivity contribution >= 4 is 10.9 Å². The van der Waals surface area contributed by atoms with Crippen molar-refractivity contribution in [3.8, 4) is 22.8 Å². The van der Waals surface area contributed by atoms with Crippen LogP contribution in [0.3, 0.4) is 0 Å². The van der Waals surface area contributed by atoms with E-state index < -0.39 is 0 Å². The van der Waals surface area contributed by atoms with E-state index in [4.69, 9.17) is 4.74 Å². The zero-order valence-corrected chi connectivity index (χ0v) is 9.84. The summed E-state index contributed by atoms with van der Waals surface area (Å²) in [5, 5.41) is 1.00. The second kappa shape index (κ2) is 3.29. The average molecular weight is 234 g/mol. The van der Waals surface area contributed by atoms with Gasteiger partial charge in [-0.15, -0.1) is 0 Å². The lowest BCUT2D eigenvalue weighted by molar-refractivity contribution is 0.486. The van der Waals surface area contributed by atoms with Crippen LogP contribution in [0.25, 0.3) is 22.2 Å². The number of para-hydroxylation sites is 1. The Labute approximate surface area is 104 Å². The Balaban J connectivity index is 2.22. The summed E-state index contributed by atoms with van der Waals surface area (Å²) < 4.78 is 5.91. The number of ether oxygens (including phenoxy) is 1. The molecule has 0 saturated heterocycles. The summed E-state index contributed by atoms with van der Waals surface area (Å²) in [4.78, 5) is 9.04. The monoisotopic (exact) mass is 234 g/mol. The van der Waals surface area contributed by atoms with Crippen molar-refractivity contribution in [2.24, 2.45) is 0 Å². The molecular weight excluding hydrogens is 224 g/mol. The first-order valence-corrected chi connectivity index (χ1v) is 5.87. The van der Waals surface area contributed by atoms with Crippen LogP contribution in [0, 0.1) is 6.92 Å². The molecule has 0 saturated carbocycles. The molecule has 1 aliphatic heterocycles. The SMILES string of the molecule is Cc1nc2c3c(cccc3n1)Oc1ccccc1-2. The molecule has 86 valence electrons. The minimum Gasteiger partial charge on any atom is -0.456 e. The molecule has 0 radical (unpaired) electrons. The molecule has 0 N–H and O–H groups in total. The number of rotatable bonds is 0. The van der Waals surface area contributed by atoms with Crippen LogP contribution in [0.1, 0.15) is 5.82 Å². The zero-order valence-electron chi connectivity index (χ0n) is 9.84. The van der Waals surface area contributed by atoms with Gasteiger partial charge in [0.1, 0.15) is 17.3 Å². The molecule has 18 heavy (non-hydrogen) atoms. The molecule has 3 heteroatoms. The minimum absolute atomic E-state index is 0.784. The fraction of sp³-hybridized carbons (Fsp3) is 0.0667. The average Bonchev–Trinajstić information content (AvgIpc) is 2.38. The highest BCUT2D eigenvalue weighted by molar-refractivity contribution is 6.00. The van der Waals surface area contributed by atoms with E-state index in [9.17, 15) is 0 Å². The van der Waals surface area contributed by atoms with Crippen molar-refractivity contribution < 1.29 is 4.74 Å². The molecule has 0 spiro atoms. The Morgan fingerprint density at radius 1 is 0.889 bits per heavy atom. The van der Waals surface area contributed by atoms with Gasteiger partial charge in [0.05, 0.1) is 16.6 Å². The molecule has 2 heterocycles. The van der Waals surface area contributed by atoms with Crippen LogP contribution in [0.5, 0.6) is 11.5 Å². The molecule has 0 aliphatic carbocycles. The summed E-state index contributed by atoms with van der Waals surface area (Å²) in [7, 11) is 0. The summed E-state index contributed by atoms with van der Waals surface area (Å²) in [6.07, 6.45) is 0. The molecule has 1 aliphatic rings. The maximum atomic E-state index is 5.91. The Bertz CT molecular complexity index is 781. The third kappa shape index (κ3) is 1.19. The number of nitrogens with zero attached hydrogens (tertiary/aromatic N) is 2. The van der Waals surface area contributed by atoms with E-state index >= 15 is 0 Å². The highest BCUT2D eigenvalue weighted by atomic mass is 16.5. The molecule has 0 bridgehead atoms. The highest BCUT2D eigenvalue weighted by Gasteiger charge is 2.21. The van der Waals surface area contributed by atoms with E-state index in [1.54, 1.807) is 0 Å². The van der Waals surface area contributed by atoms with Gasteiger partial charge in [-0.2, -0.15) is 0 Å². The molecular formula is C15H10N2O. The van der Waals surface area contributed by atoms with Crippen LogP contribution in [0.4, 0.5) is 0 Å². The van der Waals surface area contributed by atoms with Crippen molar-refractivity contribution in [1.29, 1.82) is 0 Å². The molecule has 0 fully saturated rings. The molecule has 3 aromatic rings. The largest absolute Gasteiger partial charge is 0.456 e. The van der Waals surface area contributed by atoms with Gasteiger partial charge in [-0.05, 0) is 31.2 Å². The summed E-state index contributed by atoms with van der Waals surface area (Å²) in [6.45, 7) is 1.92. The Kier molecular flexibility index (Phi) is 1.75. The standard InChI is InChI=1S/C15H10N2O/c1-9-16-11-6-4-8-13-14(11)15(17-9)10-5-2-3-7-12(10)18-13/h2-8H,1H3. The summed E-state index contributed by atoms with van der Waals surface area (Å²) in [6, 6.07) is 13.9. The number of aromatic nitrogens is 2.